The van der Waals surface area contributed by atoms with Crippen LogP contribution in [-0.4, -0.2) is 25.5 Å². The zero-order valence-electron chi connectivity index (χ0n) is 12.0. The van der Waals surface area contributed by atoms with Gasteiger partial charge in [0.2, 0.25) is 5.91 Å². The predicted octanol–water partition coefficient (Wildman–Crippen LogP) is 2.15. The summed E-state index contributed by atoms with van der Waals surface area (Å²) in [6, 6.07) is 7.23. The number of rotatable bonds is 4. The molecule has 0 spiro atoms. The fourth-order valence-electron chi connectivity index (χ4n) is 2.80. The Morgan fingerprint density at radius 1 is 1.19 bits per heavy atom. The average Bonchev–Trinajstić information content (AvgIpc) is 2.96. The molecule has 6 heteroatoms. The van der Waals surface area contributed by atoms with Crippen molar-refractivity contribution in [3.05, 3.63) is 34.9 Å². The highest BCUT2D eigenvalue weighted by atomic mass is 35.5. The van der Waals surface area contributed by atoms with Gasteiger partial charge in [-0.3, -0.25) is 15.4 Å². The van der Waals surface area contributed by atoms with E-state index < -0.39 is 6.03 Å². The summed E-state index contributed by atoms with van der Waals surface area (Å²) in [6.45, 7) is 0.107. The van der Waals surface area contributed by atoms with E-state index in [1.165, 1.54) is 7.05 Å². The lowest BCUT2D eigenvalue weighted by Gasteiger charge is -2.31. The van der Waals surface area contributed by atoms with E-state index in [2.05, 4.69) is 16.0 Å². The number of urea groups is 1. The number of benzene rings is 1. The topological polar surface area (TPSA) is 70.2 Å². The minimum atomic E-state index is -0.492. The SMILES string of the molecule is CNC(=O)NC(=O)CNC1(c2ccc(Cl)cc2)CCCC1. The first-order valence-corrected chi connectivity index (χ1v) is 7.46. The number of amides is 3. The largest absolute Gasteiger partial charge is 0.341 e. The molecule has 0 radical (unpaired) electrons. The lowest BCUT2D eigenvalue weighted by Crippen LogP contribution is -2.48. The van der Waals surface area contributed by atoms with E-state index in [0.717, 1.165) is 31.2 Å². The van der Waals surface area contributed by atoms with E-state index >= 15 is 0 Å². The summed E-state index contributed by atoms with van der Waals surface area (Å²) in [5.41, 5.74) is 0.932. The van der Waals surface area contributed by atoms with Crippen molar-refractivity contribution < 1.29 is 9.59 Å². The number of carbonyl (C=O) groups excluding carboxylic acids is 2. The molecule has 3 amide bonds. The Hall–Kier alpha value is -1.59. The number of nitrogens with one attached hydrogen (secondary N) is 3. The molecule has 5 nitrogen and oxygen atoms in total. The first kappa shape index (κ1) is 15.8. The lowest BCUT2D eigenvalue weighted by atomic mass is 9.88. The maximum Gasteiger partial charge on any atom is 0.321 e. The molecule has 0 saturated heterocycles. The summed E-state index contributed by atoms with van der Waals surface area (Å²) in [4.78, 5) is 22.9. The van der Waals surface area contributed by atoms with Gasteiger partial charge in [-0.2, -0.15) is 0 Å². The second-order valence-corrected chi connectivity index (χ2v) is 5.71. The molecule has 114 valence electrons. The minimum Gasteiger partial charge on any atom is -0.341 e. The van der Waals surface area contributed by atoms with Gasteiger partial charge in [0.1, 0.15) is 0 Å². The zero-order valence-corrected chi connectivity index (χ0v) is 12.8. The highest BCUT2D eigenvalue weighted by Gasteiger charge is 2.35. The third-order valence-electron chi connectivity index (χ3n) is 3.92. The maximum absolute atomic E-state index is 11.7. The average molecular weight is 310 g/mol. The molecule has 1 aromatic rings. The molecule has 0 atom stereocenters. The molecule has 2 rings (SSSR count). The van der Waals surface area contributed by atoms with Crippen LogP contribution in [0.1, 0.15) is 31.2 Å². The summed E-state index contributed by atoms with van der Waals surface area (Å²) in [6.07, 6.45) is 4.18. The van der Waals surface area contributed by atoms with Crippen molar-refractivity contribution in [3.63, 3.8) is 0 Å². The van der Waals surface area contributed by atoms with Crippen LogP contribution < -0.4 is 16.0 Å². The van der Waals surface area contributed by atoms with Crippen molar-refractivity contribution in [2.75, 3.05) is 13.6 Å². The van der Waals surface area contributed by atoms with Crippen molar-refractivity contribution in [3.8, 4) is 0 Å². The molecule has 1 aliphatic rings. The molecule has 0 unspecified atom stereocenters. The molecule has 1 fully saturated rings. The third kappa shape index (κ3) is 3.95. The Kier molecular flexibility index (Phi) is 5.20. The van der Waals surface area contributed by atoms with Crippen LogP contribution in [0.2, 0.25) is 5.02 Å². The van der Waals surface area contributed by atoms with Crippen LogP contribution >= 0.6 is 11.6 Å². The summed E-state index contributed by atoms with van der Waals surface area (Å²) in [5, 5.41) is 8.64. The molecule has 1 saturated carbocycles. The Morgan fingerprint density at radius 3 is 2.38 bits per heavy atom. The van der Waals surface area contributed by atoms with Crippen LogP contribution in [-0.2, 0) is 10.3 Å². The van der Waals surface area contributed by atoms with Crippen LogP contribution in [0.3, 0.4) is 0 Å². The fraction of sp³-hybridized carbons (Fsp3) is 0.467. The van der Waals surface area contributed by atoms with Gasteiger partial charge in [-0.05, 0) is 30.5 Å². The van der Waals surface area contributed by atoms with Crippen LogP contribution in [0.15, 0.2) is 24.3 Å². The van der Waals surface area contributed by atoms with Gasteiger partial charge in [-0.1, -0.05) is 36.6 Å². The quantitative estimate of drug-likeness (QED) is 0.798. The van der Waals surface area contributed by atoms with Gasteiger partial charge in [0.25, 0.3) is 0 Å². The standard InChI is InChI=1S/C15H20ClN3O2/c1-17-14(21)19-13(20)10-18-15(8-2-3-9-15)11-4-6-12(16)7-5-11/h4-7,18H,2-3,8-10H2,1H3,(H2,17,19,20,21). The Labute approximate surface area is 129 Å². The van der Waals surface area contributed by atoms with Crippen LogP contribution in [0.25, 0.3) is 0 Å². The van der Waals surface area contributed by atoms with Gasteiger partial charge in [0, 0.05) is 17.6 Å². The number of hydrogen-bond donors (Lipinski definition) is 3. The van der Waals surface area contributed by atoms with E-state index in [1.807, 2.05) is 24.3 Å². The summed E-state index contributed by atoms with van der Waals surface area (Å²) < 4.78 is 0. The molecular weight excluding hydrogens is 290 g/mol. The molecular formula is C15H20ClN3O2. The van der Waals surface area contributed by atoms with Crippen molar-refractivity contribution >= 4 is 23.5 Å². The second-order valence-electron chi connectivity index (χ2n) is 5.28. The van der Waals surface area contributed by atoms with E-state index in [4.69, 9.17) is 11.6 Å². The smallest absolute Gasteiger partial charge is 0.321 e. The molecule has 3 N–H and O–H groups in total. The molecule has 0 aliphatic heterocycles. The van der Waals surface area contributed by atoms with Crippen molar-refractivity contribution in [1.29, 1.82) is 0 Å². The molecule has 0 bridgehead atoms. The number of carbonyl (C=O) groups is 2. The van der Waals surface area contributed by atoms with Gasteiger partial charge in [-0.25, -0.2) is 4.79 Å². The minimum absolute atomic E-state index is 0.107. The molecule has 0 heterocycles. The Bertz CT molecular complexity index is 510. The van der Waals surface area contributed by atoms with E-state index in [-0.39, 0.29) is 18.0 Å². The van der Waals surface area contributed by atoms with Crippen LogP contribution in [0.5, 0.6) is 0 Å². The normalized spacial score (nSPS) is 16.5. The van der Waals surface area contributed by atoms with Crippen molar-refractivity contribution in [2.45, 2.75) is 31.2 Å². The molecule has 0 aromatic heterocycles. The van der Waals surface area contributed by atoms with Gasteiger partial charge in [0.15, 0.2) is 0 Å². The first-order chi connectivity index (χ1) is 10.1. The number of imide groups is 1. The van der Waals surface area contributed by atoms with Crippen LogP contribution in [0.4, 0.5) is 4.79 Å². The van der Waals surface area contributed by atoms with Crippen LogP contribution in [0, 0.1) is 0 Å². The Morgan fingerprint density at radius 2 is 1.81 bits per heavy atom. The first-order valence-electron chi connectivity index (χ1n) is 7.08. The monoisotopic (exact) mass is 309 g/mol. The van der Waals surface area contributed by atoms with E-state index in [1.54, 1.807) is 0 Å². The summed E-state index contributed by atoms with van der Waals surface area (Å²) in [7, 11) is 1.47. The van der Waals surface area contributed by atoms with E-state index in [9.17, 15) is 9.59 Å². The second kappa shape index (κ2) is 6.91. The maximum atomic E-state index is 11.7. The van der Waals surface area contributed by atoms with Gasteiger partial charge < -0.3 is 5.32 Å². The summed E-state index contributed by atoms with van der Waals surface area (Å²) in [5.74, 6) is -0.338. The predicted molar refractivity (Wildman–Crippen MR) is 82.2 cm³/mol. The van der Waals surface area contributed by atoms with Gasteiger partial charge in [0.05, 0.1) is 6.54 Å². The van der Waals surface area contributed by atoms with Crippen molar-refractivity contribution in [2.24, 2.45) is 0 Å². The zero-order chi connectivity index (χ0) is 15.3. The lowest BCUT2D eigenvalue weighted by molar-refractivity contribution is -0.119. The van der Waals surface area contributed by atoms with Gasteiger partial charge >= 0.3 is 6.03 Å². The fourth-order valence-corrected chi connectivity index (χ4v) is 2.92. The molecule has 21 heavy (non-hydrogen) atoms. The summed E-state index contributed by atoms with van der Waals surface area (Å²) >= 11 is 5.94. The molecule has 1 aliphatic carbocycles. The highest BCUT2D eigenvalue weighted by Crippen LogP contribution is 2.38. The highest BCUT2D eigenvalue weighted by molar-refractivity contribution is 6.30. The number of halogens is 1. The number of hydrogen-bond acceptors (Lipinski definition) is 3. The third-order valence-corrected chi connectivity index (χ3v) is 4.17. The van der Waals surface area contributed by atoms with Crippen molar-refractivity contribution in [1.82, 2.24) is 16.0 Å². The molecule has 1 aromatic carbocycles. The van der Waals surface area contributed by atoms with Gasteiger partial charge in [-0.15, -0.1) is 0 Å². The Balaban J connectivity index is 2.04. The van der Waals surface area contributed by atoms with E-state index in [0.29, 0.717) is 5.02 Å².